The maximum absolute atomic E-state index is 6.61. The molecule has 0 unspecified atom stereocenters. The Morgan fingerprint density at radius 1 is 0.348 bits per heavy atom. The lowest BCUT2D eigenvalue weighted by atomic mass is 9.82. The number of hydrogen-bond donors (Lipinski definition) is 0. The molecule has 0 saturated carbocycles. The van der Waals surface area contributed by atoms with E-state index in [1.54, 1.807) is 11.3 Å². The first-order valence-electron chi connectivity index (χ1n) is 22.3. The highest BCUT2D eigenvalue weighted by atomic mass is 32.1. The number of fused-ring (bicyclic) bond motifs is 12. The van der Waals surface area contributed by atoms with Gasteiger partial charge in [-0.25, -0.2) is 15.0 Å². The fourth-order valence-electron chi connectivity index (χ4n) is 10.5. The summed E-state index contributed by atoms with van der Waals surface area (Å²) in [5.41, 5.74) is 15.8. The van der Waals surface area contributed by atoms with Gasteiger partial charge in [0.15, 0.2) is 17.5 Å². The Kier molecular flexibility index (Phi) is 7.84. The number of para-hydroxylation sites is 1. The lowest BCUT2D eigenvalue weighted by molar-refractivity contribution is 0.660. The SMILES string of the molecule is CC1(C)c2ccccc2-c2cc(-c3cccc(-c4ccc5oc6cccc(-c7nc(-c8ccc9c(c8)sc8ccccc89)nc(-c8cccc9oc%10ccccc%10c89)n7)c6c5c4)c3)ccc21. The molecule has 4 heterocycles. The molecule has 66 heavy (non-hydrogen) atoms. The average Bonchev–Trinajstić information content (AvgIpc) is 4.11. The molecule has 5 nitrogen and oxygen atoms in total. The van der Waals surface area contributed by atoms with Gasteiger partial charge in [0.2, 0.25) is 0 Å². The lowest BCUT2D eigenvalue weighted by Crippen LogP contribution is -2.14. The third-order valence-electron chi connectivity index (χ3n) is 13.8. The second-order valence-electron chi connectivity index (χ2n) is 17.9. The van der Waals surface area contributed by atoms with Gasteiger partial charge in [0.05, 0.1) is 0 Å². The van der Waals surface area contributed by atoms with Crippen LogP contribution in [0.3, 0.4) is 0 Å². The number of thiophene rings is 1. The molecule has 0 aliphatic heterocycles. The van der Waals surface area contributed by atoms with E-state index in [0.29, 0.717) is 17.5 Å². The minimum Gasteiger partial charge on any atom is -0.456 e. The molecule has 0 radical (unpaired) electrons. The Bertz CT molecular complexity index is 4170. The van der Waals surface area contributed by atoms with Crippen molar-refractivity contribution in [1.29, 1.82) is 0 Å². The standard InChI is InChI=1S/C60H37N3O2S/c1-60(2)47-19-6-3-14-39(47)45-31-36(25-28-48(45)60)34-12-9-13-35(30-34)37-26-29-50-46(32-37)56-44(18-11-22-52(56)65-50)59-62-57(38-24-27-41-40-15-5-8-23-53(40)66-54(41)33-38)61-58(63-59)43-17-10-21-51-55(43)42-16-4-7-20-49(42)64-51/h3-33H,1-2H3. The van der Waals surface area contributed by atoms with E-state index >= 15 is 0 Å². The van der Waals surface area contributed by atoms with Crippen LogP contribution in [0.4, 0.5) is 0 Å². The Balaban J connectivity index is 0.934. The number of nitrogens with zero attached hydrogens (tertiary/aromatic N) is 3. The van der Waals surface area contributed by atoms with Crippen molar-refractivity contribution in [3.8, 4) is 67.5 Å². The molecule has 0 saturated heterocycles. The maximum atomic E-state index is 6.61. The fraction of sp³-hybridized carbons (Fsp3) is 0.0500. The van der Waals surface area contributed by atoms with E-state index in [9.17, 15) is 0 Å². The van der Waals surface area contributed by atoms with Crippen LogP contribution in [0, 0.1) is 0 Å². The summed E-state index contributed by atoms with van der Waals surface area (Å²) in [7, 11) is 0. The number of furan rings is 2. The molecule has 1 aliphatic carbocycles. The summed E-state index contributed by atoms with van der Waals surface area (Å²) in [6.07, 6.45) is 0. The van der Waals surface area contributed by atoms with Crippen molar-refractivity contribution < 1.29 is 8.83 Å². The topological polar surface area (TPSA) is 65.0 Å². The number of aromatic nitrogens is 3. The summed E-state index contributed by atoms with van der Waals surface area (Å²) in [5, 5.41) is 6.43. The minimum atomic E-state index is -0.0327. The Morgan fingerprint density at radius 3 is 1.70 bits per heavy atom. The fourth-order valence-corrected chi connectivity index (χ4v) is 11.7. The molecular weight excluding hydrogens is 827 g/mol. The molecule has 0 bridgehead atoms. The first kappa shape index (κ1) is 37.2. The normalized spacial score (nSPS) is 13.1. The highest BCUT2D eigenvalue weighted by Crippen LogP contribution is 2.50. The van der Waals surface area contributed by atoms with Gasteiger partial charge >= 0.3 is 0 Å². The second-order valence-corrected chi connectivity index (χ2v) is 19.0. The molecule has 9 aromatic carbocycles. The third kappa shape index (κ3) is 5.55. The zero-order chi connectivity index (χ0) is 43.7. The van der Waals surface area contributed by atoms with Gasteiger partial charge in [-0.05, 0) is 99.1 Å². The van der Waals surface area contributed by atoms with Crippen molar-refractivity contribution in [3.63, 3.8) is 0 Å². The van der Waals surface area contributed by atoms with Crippen molar-refractivity contribution >= 4 is 75.4 Å². The van der Waals surface area contributed by atoms with E-state index in [1.807, 2.05) is 42.5 Å². The minimum absolute atomic E-state index is 0.0327. The van der Waals surface area contributed by atoms with E-state index in [2.05, 4.69) is 159 Å². The second kappa shape index (κ2) is 13.9. The average molecular weight is 864 g/mol. The predicted molar refractivity (Wildman–Crippen MR) is 272 cm³/mol. The van der Waals surface area contributed by atoms with Crippen LogP contribution in [0.1, 0.15) is 25.0 Å². The molecule has 0 N–H and O–H groups in total. The van der Waals surface area contributed by atoms with Crippen molar-refractivity contribution in [2.24, 2.45) is 0 Å². The van der Waals surface area contributed by atoms with Crippen LogP contribution < -0.4 is 0 Å². The van der Waals surface area contributed by atoms with Crippen LogP contribution in [0.15, 0.2) is 197 Å². The third-order valence-corrected chi connectivity index (χ3v) is 14.9. The molecule has 1 aliphatic rings. The van der Waals surface area contributed by atoms with Crippen LogP contribution in [0.5, 0.6) is 0 Å². The largest absolute Gasteiger partial charge is 0.456 e. The zero-order valence-corrected chi connectivity index (χ0v) is 36.8. The number of hydrogen-bond acceptors (Lipinski definition) is 6. The molecule has 13 aromatic rings. The first-order valence-corrected chi connectivity index (χ1v) is 23.1. The zero-order valence-electron chi connectivity index (χ0n) is 36.0. The van der Waals surface area contributed by atoms with E-state index in [4.69, 9.17) is 23.8 Å². The molecule has 0 atom stereocenters. The highest BCUT2D eigenvalue weighted by molar-refractivity contribution is 7.25. The maximum Gasteiger partial charge on any atom is 0.164 e. The summed E-state index contributed by atoms with van der Waals surface area (Å²) < 4.78 is 15.4. The van der Waals surface area contributed by atoms with Gasteiger partial charge in [0.25, 0.3) is 0 Å². The Morgan fingerprint density at radius 2 is 0.894 bits per heavy atom. The van der Waals surface area contributed by atoms with Crippen LogP contribution in [-0.4, -0.2) is 15.0 Å². The van der Waals surface area contributed by atoms with E-state index in [0.717, 1.165) is 71.7 Å². The number of benzene rings is 9. The molecule has 310 valence electrons. The molecule has 0 amide bonds. The summed E-state index contributed by atoms with van der Waals surface area (Å²) in [6.45, 7) is 4.65. The van der Waals surface area contributed by atoms with Gasteiger partial charge in [0.1, 0.15) is 22.3 Å². The van der Waals surface area contributed by atoms with Crippen molar-refractivity contribution in [2.45, 2.75) is 19.3 Å². The van der Waals surface area contributed by atoms with Gasteiger partial charge in [-0.1, -0.05) is 147 Å². The van der Waals surface area contributed by atoms with Crippen LogP contribution in [0.2, 0.25) is 0 Å². The van der Waals surface area contributed by atoms with Crippen molar-refractivity contribution in [3.05, 3.63) is 199 Å². The Hall–Kier alpha value is -8.19. The van der Waals surface area contributed by atoms with Gasteiger partial charge in [-0.2, -0.15) is 0 Å². The van der Waals surface area contributed by atoms with Crippen LogP contribution >= 0.6 is 11.3 Å². The molecule has 4 aromatic heterocycles. The quantitative estimate of drug-likeness (QED) is 0.172. The van der Waals surface area contributed by atoms with E-state index < -0.39 is 0 Å². The summed E-state index contributed by atoms with van der Waals surface area (Å²) in [6, 6.07) is 66.7. The van der Waals surface area contributed by atoms with E-state index in [-0.39, 0.29) is 5.41 Å². The van der Waals surface area contributed by atoms with Crippen LogP contribution in [0.25, 0.3) is 132 Å². The van der Waals surface area contributed by atoms with Gasteiger partial charge in [-0.3, -0.25) is 0 Å². The van der Waals surface area contributed by atoms with E-state index in [1.165, 1.54) is 53.6 Å². The monoisotopic (exact) mass is 863 g/mol. The summed E-state index contributed by atoms with van der Waals surface area (Å²) >= 11 is 1.79. The Labute approximate surface area is 383 Å². The molecule has 0 fully saturated rings. The van der Waals surface area contributed by atoms with Crippen molar-refractivity contribution in [1.82, 2.24) is 15.0 Å². The summed E-state index contributed by atoms with van der Waals surface area (Å²) in [5.74, 6) is 1.74. The van der Waals surface area contributed by atoms with Gasteiger partial charge < -0.3 is 8.83 Å². The number of rotatable bonds is 5. The highest BCUT2D eigenvalue weighted by Gasteiger charge is 2.35. The van der Waals surface area contributed by atoms with Gasteiger partial charge in [-0.15, -0.1) is 11.3 Å². The molecule has 0 spiro atoms. The lowest BCUT2D eigenvalue weighted by Gasteiger charge is -2.21. The van der Waals surface area contributed by atoms with Crippen molar-refractivity contribution in [2.75, 3.05) is 0 Å². The predicted octanol–water partition coefficient (Wildman–Crippen LogP) is 16.7. The smallest absolute Gasteiger partial charge is 0.164 e. The summed E-state index contributed by atoms with van der Waals surface area (Å²) in [4.78, 5) is 15.9. The molecule has 6 heteroatoms. The first-order chi connectivity index (χ1) is 32.4. The van der Waals surface area contributed by atoms with Gasteiger partial charge in [0, 0.05) is 63.8 Å². The van der Waals surface area contributed by atoms with Crippen LogP contribution in [-0.2, 0) is 5.41 Å². The molecular formula is C60H37N3O2S. The molecule has 14 rings (SSSR count).